The van der Waals surface area contributed by atoms with Crippen LogP contribution in [0.15, 0.2) is 42.5 Å². The van der Waals surface area contributed by atoms with Crippen LogP contribution in [0, 0.1) is 17.2 Å². The molecule has 0 aliphatic heterocycles. The SMILES string of the molecule is COc1ccc(C(C#N)(CCCN(C)CCc2cccc(C(=O)OC(C)C)c2)C(C)C)cc1OC. The third kappa shape index (κ3) is 7.47. The maximum absolute atomic E-state index is 12.2. The van der Waals surface area contributed by atoms with Crippen LogP contribution >= 0.6 is 0 Å². The Hall–Kier alpha value is -3.04. The number of methoxy groups -OCH3 is 2. The number of esters is 1. The van der Waals surface area contributed by atoms with E-state index >= 15 is 0 Å². The topological polar surface area (TPSA) is 71.8 Å². The Morgan fingerprint density at radius 2 is 1.74 bits per heavy atom. The summed E-state index contributed by atoms with van der Waals surface area (Å²) in [6, 6.07) is 16.1. The molecule has 2 rings (SSSR count). The quantitative estimate of drug-likeness (QED) is 0.346. The number of likely N-dealkylation sites (N-methyl/N-ethyl adjacent to an activating group) is 1. The van der Waals surface area contributed by atoms with E-state index in [-0.39, 0.29) is 18.0 Å². The standard InChI is InChI=1S/C29H40N2O4/c1-21(2)29(20-30,25-12-13-26(33-6)27(19-25)34-7)15-9-16-31(5)17-14-23-10-8-11-24(18-23)28(32)35-22(3)4/h8,10-13,18-19,21-22H,9,14-17H2,1-7H3. The summed E-state index contributed by atoms with van der Waals surface area (Å²) in [4.78, 5) is 14.5. The molecule has 1 atom stereocenters. The van der Waals surface area contributed by atoms with Gasteiger partial charge in [0.2, 0.25) is 0 Å². The molecule has 0 aliphatic carbocycles. The highest BCUT2D eigenvalue weighted by molar-refractivity contribution is 5.89. The third-order valence-corrected chi connectivity index (χ3v) is 6.48. The van der Waals surface area contributed by atoms with Crippen LogP contribution in [0.25, 0.3) is 0 Å². The second-order valence-corrected chi connectivity index (χ2v) is 9.62. The van der Waals surface area contributed by atoms with E-state index < -0.39 is 5.41 Å². The largest absolute Gasteiger partial charge is 0.493 e. The molecule has 35 heavy (non-hydrogen) atoms. The number of carbonyl (C=O) groups is 1. The van der Waals surface area contributed by atoms with E-state index in [1.54, 1.807) is 20.3 Å². The fraction of sp³-hybridized carbons (Fsp3) is 0.517. The summed E-state index contributed by atoms with van der Waals surface area (Å²) in [6.07, 6.45) is 2.33. The van der Waals surface area contributed by atoms with Gasteiger partial charge in [-0.15, -0.1) is 0 Å². The van der Waals surface area contributed by atoms with Crippen molar-refractivity contribution in [2.75, 3.05) is 34.4 Å². The minimum Gasteiger partial charge on any atom is -0.493 e. The molecule has 0 saturated heterocycles. The number of benzene rings is 2. The maximum atomic E-state index is 12.2. The average molecular weight is 481 g/mol. The van der Waals surface area contributed by atoms with Crippen molar-refractivity contribution in [1.29, 1.82) is 5.26 Å². The minimum atomic E-state index is -0.606. The molecule has 0 aromatic heterocycles. The van der Waals surface area contributed by atoms with Gasteiger partial charge in [-0.2, -0.15) is 5.26 Å². The summed E-state index contributed by atoms with van der Waals surface area (Å²) in [5, 5.41) is 10.3. The molecular weight excluding hydrogens is 440 g/mol. The summed E-state index contributed by atoms with van der Waals surface area (Å²) in [5.41, 5.74) is 2.05. The van der Waals surface area contributed by atoms with Crippen molar-refractivity contribution >= 4 is 5.97 Å². The molecular formula is C29H40N2O4. The minimum absolute atomic E-state index is 0.136. The zero-order valence-electron chi connectivity index (χ0n) is 22.3. The van der Waals surface area contributed by atoms with Gasteiger partial charge < -0.3 is 19.1 Å². The van der Waals surface area contributed by atoms with Crippen LogP contribution in [0.4, 0.5) is 0 Å². The van der Waals surface area contributed by atoms with Crippen LogP contribution < -0.4 is 9.47 Å². The van der Waals surface area contributed by atoms with Gasteiger partial charge >= 0.3 is 5.97 Å². The van der Waals surface area contributed by atoms with Gasteiger partial charge in [0.1, 0.15) is 0 Å². The summed E-state index contributed by atoms with van der Waals surface area (Å²) >= 11 is 0. The van der Waals surface area contributed by atoms with E-state index in [9.17, 15) is 10.1 Å². The fourth-order valence-electron chi connectivity index (χ4n) is 4.33. The number of nitriles is 1. The molecule has 0 amide bonds. The second-order valence-electron chi connectivity index (χ2n) is 9.62. The first kappa shape index (κ1) is 28.2. The second kappa shape index (κ2) is 13.2. The maximum Gasteiger partial charge on any atom is 0.338 e. The summed E-state index contributed by atoms with van der Waals surface area (Å²) in [7, 11) is 5.32. The summed E-state index contributed by atoms with van der Waals surface area (Å²) in [5.74, 6) is 1.16. The highest BCUT2D eigenvalue weighted by atomic mass is 16.5. The molecule has 0 fully saturated rings. The lowest BCUT2D eigenvalue weighted by Gasteiger charge is -2.32. The zero-order chi connectivity index (χ0) is 26.0. The molecule has 0 saturated carbocycles. The van der Waals surface area contributed by atoms with Crippen molar-refractivity contribution < 1.29 is 19.0 Å². The number of hydrogen-bond donors (Lipinski definition) is 0. The first-order valence-electron chi connectivity index (χ1n) is 12.3. The van der Waals surface area contributed by atoms with Crippen LogP contribution in [0.5, 0.6) is 11.5 Å². The normalized spacial score (nSPS) is 12.9. The Kier molecular flexibility index (Phi) is 10.6. The Morgan fingerprint density at radius 1 is 1.03 bits per heavy atom. The monoisotopic (exact) mass is 480 g/mol. The zero-order valence-corrected chi connectivity index (χ0v) is 22.3. The molecule has 1 unspecified atom stereocenters. The van der Waals surface area contributed by atoms with Crippen LogP contribution in [0.2, 0.25) is 0 Å². The van der Waals surface area contributed by atoms with Gasteiger partial charge in [0.25, 0.3) is 0 Å². The molecule has 0 aliphatic rings. The summed E-state index contributed by atoms with van der Waals surface area (Å²) < 4.78 is 16.2. The smallest absolute Gasteiger partial charge is 0.338 e. The van der Waals surface area contributed by atoms with Crippen molar-refractivity contribution in [1.82, 2.24) is 4.90 Å². The predicted octanol–water partition coefficient (Wildman–Crippen LogP) is 5.64. The fourth-order valence-corrected chi connectivity index (χ4v) is 4.33. The Balaban J connectivity index is 2.00. The molecule has 0 bridgehead atoms. The molecule has 2 aromatic rings. The van der Waals surface area contributed by atoms with Crippen molar-refractivity contribution in [3.8, 4) is 17.6 Å². The van der Waals surface area contributed by atoms with E-state index in [1.165, 1.54) is 0 Å². The van der Waals surface area contributed by atoms with Gasteiger partial charge in [-0.1, -0.05) is 32.0 Å². The molecule has 6 nitrogen and oxygen atoms in total. The molecule has 0 N–H and O–H groups in total. The molecule has 0 spiro atoms. The van der Waals surface area contributed by atoms with Gasteiger partial charge in [0.15, 0.2) is 11.5 Å². The van der Waals surface area contributed by atoms with Gasteiger partial charge in [-0.25, -0.2) is 4.79 Å². The Morgan fingerprint density at radius 3 is 2.34 bits per heavy atom. The Bertz CT molecular complexity index is 1010. The van der Waals surface area contributed by atoms with E-state index in [1.807, 2.05) is 50.2 Å². The number of carbonyl (C=O) groups excluding carboxylic acids is 1. The van der Waals surface area contributed by atoms with Crippen LogP contribution in [-0.4, -0.2) is 51.3 Å². The molecule has 6 heteroatoms. The van der Waals surface area contributed by atoms with Gasteiger partial charge in [0.05, 0.1) is 37.4 Å². The number of rotatable bonds is 13. The molecule has 2 aromatic carbocycles. The third-order valence-electron chi connectivity index (χ3n) is 6.48. The van der Waals surface area contributed by atoms with Gasteiger partial charge in [-0.3, -0.25) is 0 Å². The number of ether oxygens (including phenoxy) is 3. The van der Waals surface area contributed by atoms with Gasteiger partial charge in [-0.05, 0) is 88.0 Å². The first-order chi connectivity index (χ1) is 16.7. The highest BCUT2D eigenvalue weighted by Crippen LogP contribution is 2.40. The molecule has 0 heterocycles. The van der Waals surface area contributed by atoms with Crippen LogP contribution in [0.1, 0.15) is 62.0 Å². The van der Waals surface area contributed by atoms with Crippen LogP contribution in [0.3, 0.4) is 0 Å². The predicted molar refractivity (Wildman–Crippen MR) is 139 cm³/mol. The van der Waals surface area contributed by atoms with E-state index in [2.05, 4.69) is 31.9 Å². The lowest BCUT2D eigenvalue weighted by atomic mass is 9.69. The lowest BCUT2D eigenvalue weighted by molar-refractivity contribution is 0.0377. The van der Waals surface area contributed by atoms with Gasteiger partial charge in [0, 0.05) is 6.54 Å². The Labute approximate surface area is 210 Å². The van der Waals surface area contributed by atoms with Crippen molar-refractivity contribution in [3.05, 3.63) is 59.2 Å². The molecule has 190 valence electrons. The summed E-state index contributed by atoms with van der Waals surface area (Å²) in [6.45, 7) is 9.63. The molecule has 0 radical (unpaired) electrons. The van der Waals surface area contributed by atoms with Crippen molar-refractivity contribution in [2.24, 2.45) is 5.92 Å². The number of hydrogen-bond acceptors (Lipinski definition) is 6. The van der Waals surface area contributed by atoms with Crippen LogP contribution in [-0.2, 0) is 16.6 Å². The van der Waals surface area contributed by atoms with Crippen molar-refractivity contribution in [2.45, 2.75) is 58.5 Å². The van der Waals surface area contributed by atoms with E-state index in [4.69, 9.17) is 14.2 Å². The van der Waals surface area contributed by atoms with Crippen molar-refractivity contribution in [3.63, 3.8) is 0 Å². The number of nitrogens with zero attached hydrogens (tertiary/aromatic N) is 2. The van der Waals surface area contributed by atoms with E-state index in [0.717, 1.165) is 43.5 Å². The van der Waals surface area contributed by atoms with E-state index in [0.29, 0.717) is 17.1 Å². The lowest BCUT2D eigenvalue weighted by Crippen LogP contribution is -2.32. The first-order valence-corrected chi connectivity index (χ1v) is 12.3. The highest BCUT2D eigenvalue weighted by Gasteiger charge is 2.36. The average Bonchev–Trinajstić information content (AvgIpc) is 2.84.